The number of rotatable bonds is 4. The maximum Gasteiger partial charge on any atom is 0.138 e. The van der Waals surface area contributed by atoms with E-state index in [9.17, 15) is 0 Å². The monoisotopic (exact) mass is 256 g/mol. The predicted molar refractivity (Wildman–Crippen MR) is 69.8 cm³/mol. The number of aromatic nitrogens is 2. The molecule has 0 spiro atoms. The van der Waals surface area contributed by atoms with Gasteiger partial charge in [-0.2, -0.15) is 11.8 Å². The minimum absolute atomic E-state index is 0.476. The summed E-state index contributed by atoms with van der Waals surface area (Å²) in [5, 5.41) is 0.817. The zero-order valence-electron chi connectivity index (χ0n) is 9.36. The lowest BCUT2D eigenvalue weighted by Crippen LogP contribution is -2.09. The Morgan fingerprint density at radius 2 is 2.12 bits per heavy atom. The summed E-state index contributed by atoms with van der Waals surface area (Å²) in [4.78, 5) is 8.69. The van der Waals surface area contributed by atoms with Crippen molar-refractivity contribution in [3.05, 3.63) is 23.8 Å². The summed E-state index contributed by atoms with van der Waals surface area (Å²) < 4.78 is 0. The fraction of sp³-hybridized carbons (Fsp3) is 0.667. The summed E-state index contributed by atoms with van der Waals surface area (Å²) in [6.45, 7) is 0. The minimum Gasteiger partial charge on any atom is -0.240 e. The fourth-order valence-corrected chi connectivity index (χ4v) is 3.35. The fourth-order valence-electron chi connectivity index (χ4n) is 2.01. The summed E-state index contributed by atoms with van der Waals surface area (Å²) in [6, 6.07) is 1.88. The molecular weight excluding hydrogens is 240 g/mol. The van der Waals surface area contributed by atoms with Gasteiger partial charge in [0, 0.05) is 11.4 Å². The van der Waals surface area contributed by atoms with Crippen molar-refractivity contribution >= 4 is 23.4 Å². The van der Waals surface area contributed by atoms with Crippen LogP contribution in [0.25, 0.3) is 0 Å². The van der Waals surface area contributed by atoms with Gasteiger partial charge in [0.05, 0.1) is 17.3 Å². The highest BCUT2D eigenvalue weighted by molar-refractivity contribution is 7.99. The van der Waals surface area contributed by atoms with Gasteiger partial charge < -0.3 is 0 Å². The topological polar surface area (TPSA) is 25.8 Å². The van der Waals surface area contributed by atoms with Crippen LogP contribution < -0.4 is 0 Å². The lowest BCUT2D eigenvalue weighted by Gasteiger charge is -2.20. The van der Waals surface area contributed by atoms with Gasteiger partial charge in [-0.05, 0) is 18.9 Å². The van der Waals surface area contributed by atoms with E-state index in [1.807, 2.05) is 24.0 Å². The molecule has 0 amide bonds. The summed E-state index contributed by atoms with van der Waals surface area (Å²) in [5.74, 6) is 2.33. The molecule has 4 heteroatoms. The van der Waals surface area contributed by atoms with Gasteiger partial charge in [-0.1, -0.05) is 19.3 Å². The molecule has 0 aromatic carbocycles. The number of hydrogen-bond acceptors (Lipinski definition) is 3. The number of alkyl halides is 1. The van der Waals surface area contributed by atoms with Crippen LogP contribution in [0.1, 0.15) is 43.6 Å². The smallest absolute Gasteiger partial charge is 0.138 e. The Bertz CT molecular complexity index is 327. The molecule has 1 aromatic heterocycles. The lowest BCUT2D eigenvalue weighted by molar-refractivity contribution is 0.516. The molecular formula is C12H17ClN2S. The van der Waals surface area contributed by atoms with Crippen LogP contribution in [0.5, 0.6) is 0 Å². The second kappa shape index (κ2) is 6.45. The molecule has 1 aromatic rings. The van der Waals surface area contributed by atoms with Crippen molar-refractivity contribution in [3.63, 3.8) is 0 Å². The second-order valence-electron chi connectivity index (χ2n) is 4.17. The maximum absolute atomic E-state index is 5.75. The van der Waals surface area contributed by atoms with E-state index in [2.05, 4.69) is 9.97 Å². The van der Waals surface area contributed by atoms with Crippen molar-refractivity contribution in [3.8, 4) is 0 Å². The van der Waals surface area contributed by atoms with E-state index in [-0.39, 0.29) is 0 Å². The Balaban J connectivity index is 1.83. The Morgan fingerprint density at radius 1 is 1.31 bits per heavy atom. The van der Waals surface area contributed by atoms with Crippen LogP contribution in [0, 0.1) is 0 Å². The van der Waals surface area contributed by atoms with E-state index in [0.29, 0.717) is 5.88 Å². The Kier molecular flexibility index (Phi) is 4.91. The molecule has 2 rings (SSSR count). The molecule has 0 atom stereocenters. The van der Waals surface area contributed by atoms with Crippen LogP contribution in [0.15, 0.2) is 12.3 Å². The molecule has 0 saturated heterocycles. The van der Waals surface area contributed by atoms with Crippen molar-refractivity contribution in [2.45, 2.75) is 49.0 Å². The highest BCUT2D eigenvalue weighted by Gasteiger charge is 2.14. The first-order valence-electron chi connectivity index (χ1n) is 5.87. The van der Waals surface area contributed by atoms with Crippen molar-refractivity contribution < 1.29 is 0 Å². The third kappa shape index (κ3) is 3.63. The summed E-state index contributed by atoms with van der Waals surface area (Å²) in [5.41, 5.74) is 0.927. The average Bonchev–Trinajstić information content (AvgIpc) is 2.38. The zero-order chi connectivity index (χ0) is 11.2. The number of thioether (sulfide) groups is 1. The lowest BCUT2D eigenvalue weighted by atomic mass is 10.0. The van der Waals surface area contributed by atoms with Gasteiger partial charge in [0.1, 0.15) is 5.82 Å². The highest BCUT2D eigenvalue weighted by Crippen LogP contribution is 2.29. The van der Waals surface area contributed by atoms with Gasteiger partial charge in [-0.15, -0.1) is 11.6 Å². The first kappa shape index (κ1) is 12.2. The van der Waals surface area contributed by atoms with E-state index in [0.717, 1.165) is 22.5 Å². The predicted octanol–water partition coefficient (Wildman–Crippen LogP) is 3.78. The van der Waals surface area contributed by atoms with Crippen molar-refractivity contribution in [1.82, 2.24) is 9.97 Å². The maximum atomic E-state index is 5.75. The molecule has 1 fully saturated rings. The summed E-state index contributed by atoms with van der Waals surface area (Å²) in [7, 11) is 0. The van der Waals surface area contributed by atoms with Crippen LogP contribution in [-0.2, 0) is 11.6 Å². The molecule has 1 saturated carbocycles. The van der Waals surface area contributed by atoms with Gasteiger partial charge in [0.2, 0.25) is 0 Å². The third-order valence-electron chi connectivity index (χ3n) is 2.90. The van der Waals surface area contributed by atoms with Crippen molar-refractivity contribution in [1.29, 1.82) is 0 Å². The van der Waals surface area contributed by atoms with E-state index in [1.165, 1.54) is 32.1 Å². The first-order valence-corrected chi connectivity index (χ1v) is 7.45. The standard InChI is InChI=1S/C12H17ClN2S/c13-8-10-6-7-14-12(15-10)9-16-11-4-2-1-3-5-11/h6-7,11H,1-5,8-9H2. The summed E-state index contributed by atoms with van der Waals surface area (Å²) >= 11 is 7.75. The van der Waals surface area contributed by atoms with E-state index >= 15 is 0 Å². The molecule has 0 radical (unpaired) electrons. The molecule has 0 aliphatic heterocycles. The van der Waals surface area contributed by atoms with E-state index < -0.39 is 0 Å². The Hall–Kier alpha value is -0.280. The van der Waals surface area contributed by atoms with Crippen LogP contribution in [0.2, 0.25) is 0 Å². The minimum atomic E-state index is 0.476. The van der Waals surface area contributed by atoms with Crippen LogP contribution in [-0.4, -0.2) is 15.2 Å². The number of hydrogen-bond donors (Lipinski definition) is 0. The molecule has 0 N–H and O–H groups in total. The molecule has 0 bridgehead atoms. The van der Waals surface area contributed by atoms with Crippen LogP contribution in [0.4, 0.5) is 0 Å². The molecule has 88 valence electrons. The van der Waals surface area contributed by atoms with Crippen molar-refractivity contribution in [2.75, 3.05) is 0 Å². The van der Waals surface area contributed by atoms with Gasteiger partial charge in [0.15, 0.2) is 0 Å². The van der Waals surface area contributed by atoms with Crippen molar-refractivity contribution in [2.24, 2.45) is 0 Å². The van der Waals surface area contributed by atoms with Crippen LogP contribution in [0.3, 0.4) is 0 Å². The van der Waals surface area contributed by atoms with E-state index in [4.69, 9.17) is 11.6 Å². The Morgan fingerprint density at radius 3 is 2.88 bits per heavy atom. The molecule has 2 nitrogen and oxygen atoms in total. The third-order valence-corrected chi connectivity index (χ3v) is 4.54. The largest absolute Gasteiger partial charge is 0.240 e. The second-order valence-corrected chi connectivity index (χ2v) is 5.72. The quantitative estimate of drug-likeness (QED) is 0.767. The molecule has 1 heterocycles. The highest BCUT2D eigenvalue weighted by atomic mass is 35.5. The van der Waals surface area contributed by atoms with Crippen LogP contribution >= 0.6 is 23.4 Å². The summed E-state index contributed by atoms with van der Waals surface area (Å²) in [6.07, 6.45) is 8.72. The zero-order valence-corrected chi connectivity index (χ0v) is 10.9. The van der Waals surface area contributed by atoms with Gasteiger partial charge in [-0.3, -0.25) is 0 Å². The number of halogens is 1. The molecule has 1 aliphatic rings. The number of nitrogens with zero attached hydrogens (tertiary/aromatic N) is 2. The van der Waals surface area contributed by atoms with Gasteiger partial charge in [-0.25, -0.2) is 9.97 Å². The molecule has 0 unspecified atom stereocenters. The first-order chi connectivity index (χ1) is 7.88. The normalized spacial score (nSPS) is 17.6. The SMILES string of the molecule is ClCc1ccnc(CSC2CCCCC2)n1. The molecule has 16 heavy (non-hydrogen) atoms. The molecule has 1 aliphatic carbocycles. The van der Waals surface area contributed by atoms with Gasteiger partial charge >= 0.3 is 0 Å². The van der Waals surface area contributed by atoms with Gasteiger partial charge in [0.25, 0.3) is 0 Å². The Labute approximate surface area is 106 Å². The average molecular weight is 257 g/mol. The van der Waals surface area contributed by atoms with E-state index in [1.54, 1.807) is 0 Å².